The number of hydrogen-bond acceptors (Lipinski definition) is 4. The van der Waals surface area contributed by atoms with Crippen molar-refractivity contribution in [2.45, 2.75) is 18.8 Å². The third kappa shape index (κ3) is 3.16. The summed E-state index contributed by atoms with van der Waals surface area (Å²) in [5, 5.41) is 13.7. The number of carbonyl (C=O) groups excluding carboxylic acids is 1. The molecule has 0 unspecified atom stereocenters. The van der Waals surface area contributed by atoms with Gasteiger partial charge in [0.25, 0.3) is 0 Å². The van der Waals surface area contributed by atoms with Gasteiger partial charge < -0.3 is 4.57 Å². The van der Waals surface area contributed by atoms with E-state index in [4.69, 9.17) is 0 Å². The topological polar surface area (TPSA) is 58.7 Å². The lowest BCUT2D eigenvalue weighted by molar-refractivity contribution is 0.104. The number of rotatable bonds is 5. The number of carbonyl (C=O) groups is 1. The monoisotopic (exact) mass is 409 g/mol. The number of hydrogen-bond donors (Lipinski definition) is 0. The lowest BCUT2D eigenvalue weighted by atomic mass is 9.97. The van der Waals surface area contributed by atoms with Crippen LogP contribution >= 0.6 is 11.3 Å². The first-order valence-electron chi connectivity index (χ1n) is 9.92. The Kier molecular flexibility index (Phi) is 4.57. The van der Waals surface area contributed by atoms with Gasteiger partial charge in [-0.05, 0) is 30.5 Å². The molecule has 1 fully saturated rings. The second-order valence-electron chi connectivity index (χ2n) is 7.55. The van der Waals surface area contributed by atoms with E-state index in [0.29, 0.717) is 17.2 Å². The quantitative estimate of drug-likeness (QED) is 0.232. The van der Waals surface area contributed by atoms with Gasteiger partial charge in [0.05, 0.1) is 22.0 Å². The Balaban J connectivity index is 1.66. The summed E-state index contributed by atoms with van der Waals surface area (Å²) >= 11 is 1.61. The van der Waals surface area contributed by atoms with E-state index in [2.05, 4.69) is 11.1 Å². The maximum absolute atomic E-state index is 13.6. The SMILES string of the molecule is Cn1c(-c2ccccc2)c(C(=O)C(C#N)=Cc2csc(C3CC3)n2)c2ccccc21. The smallest absolute Gasteiger partial charge is 0.206 e. The lowest BCUT2D eigenvalue weighted by Gasteiger charge is -2.07. The fraction of sp³-hybridized carbons (Fsp3) is 0.160. The molecule has 1 aliphatic rings. The minimum Gasteiger partial charge on any atom is -0.343 e. The normalized spacial score (nSPS) is 14.1. The van der Waals surface area contributed by atoms with Crippen molar-refractivity contribution in [2.75, 3.05) is 0 Å². The average molecular weight is 410 g/mol. The van der Waals surface area contributed by atoms with Crippen LogP contribution < -0.4 is 0 Å². The number of Topliss-reactive ketones (excluding diaryl/α,β-unsaturated/α-hetero) is 1. The van der Waals surface area contributed by atoms with Crippen molar-refractivity contribution in [1.82, 2.24) is 9.55 Å². The van der Waals surface area contributed by atoms with E-state index in [1.165, 1.54) is 12.8 Å². The van der Waals surface area contributed by atoms with Crippen molar-refractivity contribution < 1.29 is 4.79 Å². The van der Waals surface area contributed by atoms with Crippen LogP contribution in [0.15, 0.2) is 65.6 Å². The zero-order valence-electron chi connectivity index (χ0n) is 16.5. The van der Waals surface area contributed by atoms with Gasteiger partial charge in [0, 0.05) is 29.2 Å². The summed E-state index contributed by atoms with van der Waals surface area (Å²) < 4.78 is 2.03. The number of thiazole rings is 1. The highest BCUT2D eigenvalue weighted by Crippen LogP contribution is 2.41. The molecule has 0 N–H and O–H groups in total. The Bertz CT molecular complexity index is 1330. The molecule has 146 valence electrons. The zero-order chi connectivity index (χ0) is 20.7. The van der Waals surface area contributed by atoms with Crippen LogP contribution in [0.2, 0.25) is 0 Å². The van der Waals surface area contributed by atoms with E-state index in [9.17, 15) is 10.1 Å². The number of aryl methyl sites for hydroxylation is 1. The van der Waals surface area contributed by atoms with Gasteiger partial charge in [-0.25, -0.2) is 4.98 Å². The first-order chi connectivity index (χ1) is 14.7. The van der Waals surface area contributed by atoms with Gasteiger partial charge in [0.1, 0.15) is 11.6 Å². The molecule has 4 nitrogen and oxygen atoms in total. The molecule has 0 saturated heterocycles. The van der Waals surface area contributed by atoms with Crippen LogP contribution in [0.5, 0.6) is 0 Å². The van der Waals surface area contributed by atoms with Crippen molar-refractivity contribution in [1.29, 1.82) is 5.26 Å². The summed E-state index contributed by atoms with van der Waals surface area (Å²) in [6, 6.07) is 19.8. The van der Waals surface area contributed by atoms with Crippen molar-refractivity contribution >= 4 is 34.1 Å². The van der Waals surface area contributed by atoms with Gasteiger partial charge in [-0.15, -0.1) is 11.3 Å². The van der Waals surface area contributed by atoms with Gasteiger partial charge in [-0.2, -0.15) is 5.26 Å². The maximum Gasteiger partial charge on any atom is 0.206 e. The molecule has 0 amide bonds. The second kappa shape index (κ2) is 7.40. The van der Waals surface area contributed by atoms with Crippen molar-refractivity contribution in [3.8, 4) is 17.3 Å². The molecule has 5 heteroatoms. The summed E-state index contributed by atoms with van der Waals surface area (Å²) in [6.45, 7) is 0. The van der Waals surface area contributed by atoms with Crippen LogP contribution in [0.4, 0.5) is 0 Å². The van der Waals surface area contributed by atoms with Crippen LogP contribution in [0, 0.1) is 11.3 Å². The predicted molar refractivity (Wildman–Crippen MR) is 120 cm³/mol. The number of allylic oxidation sites excluding steroid dienone is 1. The summed E-state index contributed by atoms with van der Waals surface area (Å²) in [5.41, 5.74) is 4.08. The first-order valence-corrected chi connectivity index (χ1v) is 10.8. The molecule has 2 aromatic heterocycles. The van der Waals surface area contributed by atoms with E-state index >= 15 is 0 Å². The van der Waals surface area contributed by atoms with Crippen molar-refractivity contribution in [3.05, 3.63) is 81.8 Å². The van der Waals surface area contributed by atoms with Crippen LogP contribution in [0.25, 0.3) is 28.2 Å². The van der Waals surface area contributed by atoms with Crippen LogP contribution in [0.1, 0.15) is 39.8 Å². The third-order valence-corrected chi connectivity index (χ3v) is 6.53. The van der Waals surface area contributed by atoms with E-state index in [-0.39, 0.29) is 11.4 Å². The van der Waals surface area contributed by atoms with Crippen LogP contribution in [-0.2, 0) is 7.05 Å². The summed E-state index contributed by atoms with van der Waals surface area (Å²) in [5.74, 6) is 0.287. The zero-order valence-corrected chi connectivity index (χ0v) is 17.3. The summed E-state index contributed by atoms with van der Waals surface area (Å²) in [7, 11) is 1.96. The highest BCUT2D eigenvalue weighted by atomic mass is 32.1. The van der Waals surface area contributed by atoms with Crippen molar-refractivity contribution in [2.24, 2.45) is 7.05 Å². The molecule has 0 bridgehead atoms. The Morgan fingerprint density at radius 3 is 2.63 bits per heavy atom. The average Bonchev–Trinajstić information content (AvgIpc) is 3.46. The fourth-order valence-electron chi connectivity index (χ4n) is 3.87. The lowest BCUT2D eigenvalue weighted by Crippen LogP contribution is -2.05. The standard InChI is InChI=1S/C25H19N3OS/c1-28-21-10-6-5-9-20(21)22(23(28)16-7-3-2-4-8-16)24(29)18(14-26)13-19-15-30-25(27-19)17-11-12-17/h2-10,13,15,17H,11-12H2,1H3. The molecule has 0 atom stereocenters. The third-order valence-electron chi connectivity index (χ3n) is 5.50. The number of aromatic nitrogens is 2. The highest BCUT2D eigenvalue weighted by molar-refractivity contribution is 7.09. The Morgan fingerprint density at radius 2 is 1.90 bits per heavy atom. The number of benzene rings is 2. The Labute approximate surface area is 178 Å². The molecule has 0 radical (unpaired) electrons. The number of nitriles is 1. The van der Waals surface area contributed by atoms with Gasteiger partial charge in [0.15, 0.2) is 0 Å². The molecule has 5 rings (SSSR count). The molecule has 1 saturated carbocycles. The van der Waals surface area contributed by atoms with E-state index in [1.54, 1.807) is 17.4 Å². The van der Waals surface area contributed by atoms with Gasteiger partial charge in [-0.3, -0.25) is 4.79 Å². The number of nitrogens with zero attached hydrogens (tertiary/aromatic N) is 3. The van der Waals surface area contributed by atoms with E-state index < -0.39 is 0 Å². The largest absolute Gasteiger partial charge is 0.343 e. The van der Waals surface area contributed by atoms with E-state index in [1.807, 2.05) is 71.6 Å². The molecule has 2 heterocycles. The second-order valence-corrected chi connectivity index (χ2v) is 8.44. The summed E-state index contributed by atoms with van der Waals surface area (Å²) in [6.07, 6.45) is 3.98. The van der Waals surface area contributed by atoms with Gasteiger partial charge >= 0.3 is 0 Å². The minimum atomic E-state index is -0.269. The molecule has 30 heavy (non-hydrogen) atoms. The van der Waals surface area contributed by atoms with Crippen LogP contribution in [0.3, 0.4) is 0 Å². The highest BCUT2D eigenvalue weighted by Gasteiger charge is 2.27. The molecule has 2 aromatic carbocycles. The number of ketones is 1. The van der Waals surface area contributed by atoms with Gasteiger partial charge in [-0.1, -0.05) is 48.5 Å². The maximum atomic E-state index is 13.6. The fourth-order valence-corrected chi connectivity index (χ4v) is 4.82. The van der Waals surface area contributed by atoms with E-state index in [0.717, 1.165) is 27.2 Å². The van der Waals surface area contributed by atoms with Gasteiger partial charge in [0.2, 0.25) is 5.78 Å². The van der Waals surface area contributed by atoms with Crippen molar-refractivity contribution in [3.63, 3.8) is 0 Å². The molecule has 1 aliphatic carbocycles. The minimum absolute atomic E-state index is 0.108. The first kappa shape index (κ1) is 18.5. The van der Waals surface area contributed by atoms with Crippen LogP contribution in [-0.4, -0.2) is 15.3 Å². The predicted octanol–water partition coefficient (Wildman–Crippen LogP) is 5.97. The molecule has 0 spiro atoms. The molecule has 4 aromatic rings. The number of para-hydroxylation sites is 1. The molecular formula is C25H19N3OS. The Morgan fingerprint density at radius 1 is 1.17 bits per heavy atom. The molecular weight excluding hydrogens is 390 g/mol. The number of fused-ring (bicyclic) bond motifs is 1. The Hall–Kier alpha value is -3.49. The molecule has 0 aliphatic heterocycles. The summed E-state index contributed by atoms with van der Waals surface area (Å²) in [4.78, 5) is 18.2.